The Hall–Kier alpha value is -1.96. The van der Waals surface area contributed by atoms with Crippen LogP contribution in [0.4, 0.5) is 5.82 Å². The van der Waals surface area contributed by atoms with Gasteiger partial charge in [-0.25, -0.2) is 0 Å². The second-order valence-electron chi connectivity index (χ2n) is 4.57. The first-order valence-electron chi connectivity index (χ1n) is 6.00. The van der Waals surface area contributed by atoms with Crippen molar-refractivity contribution < 1.29 is 9.72 Å². The fraction of sp³-hybridized carbons (Fsp3) is 0.636. The van der Waals surface area contributed by atoms with Crippen LogP contribution in [-0.2, 0) is 11.3 Å². The van der Waals surface area contributed by atoms with Gasteiger partial charge in [-0.1, -0.05) is 0 Å². The van der Waals surface area contributed by atoms with E-state index in [0.717, 1.165) is 13.0 Å². The van der Waals surface area contributed by atoms with Gasteiger partial charge in [0.2, 0.25) is 5.91 Å². The summed E-state index contributed by atoms with van der Waals surface area (Å²) < 4.78 is 1.33. The van der Waals surface area contributed by atoms with Gasteiger partial charge in [0.15, 0.2) is 0 Å². The lowest BCUT2D eigenvalue weighted by atomic mass is 10.4. The summed E-state index contributed by atoms with van der Waals surface area (Å²) in [7, 11) is 3.93. The molecule has 0 bridgehead atoms. The number of hydrogen-bond donors (Lipinski definition) is 1. The first-order valence-corrected chi connectivity index (χ1v) is 6.00. The van der Waals surface area contributed by atoms with Crippen molar-refractivity contribution in [3.8, 4) is 0 Å². The fourth-order valence-electron chi connectivity index (χ4n) is 1.56. The third kappa shape index (κ3) is 5.04. The summed E-state index contributed by atoms with van der Waals surface area (Å²) in [5.41, 5.74) is 0.593. The highest BCUT2D eigenvalue weighted by molar-refractivity contribution is 5.75. The lowest BCUT2D eigenvalue weighted by molar-refractivity contribution is -0.389. The summed E-state index contributed by atoms with van der Waals surface area (Å²) in [6.45, 7) is 3.16. The molecule has 0 atom stereocenters. The zero-order valence-corrected chi connectivity index (χ0v) is 11.4. The lowest BCUT2D eigenvalue weighted by Gasteiger charge is -2.09. The van der Waals surface area contributed by atoms with Crippen LogP contribution in [0.3, 0.4) is 0 Å². The van der Waals surface area contributed by atoms with Gasteiger partial charge < -0.3 is 20.3 Å². The van der Waals surface area contributed by atoms with E-state index in [1.54, 1.807) is 6.92 Å². The summed E-state index contributed by atoms with van der Waals surface area (Å²) in [6.07, 6.45) is 0.858. The summed E-state index contributed by atoms with van der Waals surface area (Å²) in [5, 5.41) is 17.1. The van der Waals surface area contributed by atoms with E-state index in [9.17, 15) is 14.9 Å². The van der Waals surface area contributed by atoms with Crippen molar-refractivity contribution in [2.75, 3.05) is 27.2 Å². The molecule has 1 heterocycles. The predicted molar refractivity (Wildman–Crippen MR) is 69.8 cm³/mol. The molecule has 1 rings (SSSR count). The van der Waals surface area contributed by atoms with E-state index in [2.05, 4.69) is 10.4 Å². The molecule has 0 fully saturated rings. The van der Waals surface area contributed by atoms with Crippen molar-refractivity contribution >= 4 is 11.7 Å². The fourth-order valence-corrected chi connectivity index (χ4v) is 1.56. The van der Waals surface area contributed by atoms with Crippen molar-refractivity contribution in [1.29, 1.82) is 0 Å². The topological polar surface area (TPSA) is 93.3 Å². The van der Waals surface area contributed by atoms with E-state index >= 15 is 0 Å². The number of amides is 1. The molecule has 0 aromatic carbocycles. The van der Waals surface area contributed by atoms with Crippen LogP contribution in [0.1, 0.15) is 12.1 Å². The average molecular weight is 269 g/mol. The van der Waals surface area contributed by atoms with Gasteiger partial charge >= 0.3 is 5.82 Å². The molecule has 0 aliphatic carbocycles. The molecule has 106 valence electrons. The molecule has 19 heavy (non-hydrogen) atoms. The van der Waals surface area contributed by atoms with E-state index in [1.807, 2.05) is 19.0 Å². The standard InChI is InChI=1S/C11H19N5O3/c1-9-7-10(16(18)19)13-15(9)8-11(17)12-5-4-6-14(2)3/h7H,4-6,8H2,1-3H3,(H,12,17). The summed E-state index contributed by atoms with van der Waals surface area (Å²) in [5.74, 6) is -0.433. The van der Waals surface area contributed by atoms with Crippen LogP contribution in [0.15, 0.2) is 6.07 Å². The lowest BCUT2D eigenvalue weighted by Crippen LogP contribution is -2.30. The van der Waals surface area contributed by atoms with Gasteiger partial charge in [-0.15, -0.1) is 0 Å². The molecule has 8 heteroatoms. The third-order valence-electron chi connectivity index (χ3n) is 2.55. The Morgan fingerprint density at radius 1 is 1.58 bits per heavy atom. The van der Waals surface area contributed by atoms with E-state index in [1.165, 1.54) is 10.7 Å². The molecule has 0 saturated carbocycles. The first-order chi connectivity index (χ1) is 8.90. The molecule has 0 unspecified atom stereocenters. The second-order valence-corrected chi connectivity index (χ2v) is 4.57. The van der Waals surface area contributed by atoms with Gasteiger partial charge in [-0.3, -0.25) is 4.79 Å². The van der Waals surface area contributed by atoms with Gasteiger partial charge in [0.25, 0.3) is 0 Å². The van der Waals surface area contributed by atoms with Gasteiger partial charge in [-0.05, 0) is 38.9 Å². The summed E-state index contributed by atoms with van der Waals surface area (Å²) in [6, 6.07) is 1.35. The summed E-state index contributed by atoms with van der Waals surface area (Å²) >= 11 is 0. The van der Waals surface area contributed by atoms with Crippen LogP contribution in [0, 0.1) is 17.0 Å². The predicted octanol–water partition coefficient (Wildman–Crippen LogP) is 0.168. The Morgan fingerprint density at radius 3 is 2.79 bits per heavy atom. The Morgan fingerprint density at radius 2 is 2.26 bits per heavy atom. The Labute approximate surface area is 111 Å². The first kappa shape index (κ1) is 15.1. The van der Waals surface area contributed by atoms with Gasteiger partial charge in [0.1, 0.15) is 6.54 Å². The van der Waals surface area contributed by atoms with Gasteiger partial charge in [0, 0.05) is 6.54 Å². The second kappa shape index (κ2) is 6.83. The number of nitrogens with one attached hydrogen (secondary N) is 1. The minimum atomic E-state index is -0.571. The number of hydrogen-bond acceptors (Lipinski definition) is 5. The van der Waals surface area contributed by atoms with E-state index < -0.39 is 4.92 Å². The Bertz CT molecular complexity index is 455. The van der Waals surface area contributed by atoms with Crippen molar-refractivity contribution in [2.24, 2.45) is 0 Å². The minimum absolute atomic E-state index is 0.00162. The number of nitrogens with zero attached hydrogens (tertiary/aromatic N) is 4. The Kier molecular flexibility index (Phi) is 5.43. The van der Waals surface area contributed by atoms with Crippen molar-refractivity contribution in [3.05, 3.63) is 21.9 Å². The number of aryl methyl sites for hydroxylation is 1. The smallest absolute Gasteiger partial charge is 0.358 e. The van der Waals surface area contributed by atoms with Crippen molar-refractivity contribution in [1.82, 2.24) is 20.0 Å². The number of aromatic nitrogens is 2. The molecule has 0 aliphatic heterocycles. The third-order valence-corrected chi connectivity index (χ3v) is 2.55. The van der Waals surface area contributed by atoms with Gasteiger partial charge in [-0.2, -0.15) is 4.68 Å². The molecule has 0 spiro atoms. The maximum Gasteiger partial charge on any atom is 0.390 e. The number of nitro groups is 1. The molecule has 0 aliphatic rings. The van der Waals surface area contributed by atoms with E-state index in [0.29, 0.717) is 12.2 Å². The molecule has 0 saturated heterocycles. The normalized spacial score (nSPS) is 10.7. The number of carbonyl (C=O) groups excluding carboxylic acids is 1. The molecule has 1 amide bonds. The van der Waals surface area contributed by atoms with Gasteiger partial charge in [0.05, 0.1) is 16.9 Å². The monoisotopic (exact) mass is 269 g/mol. The van der Waals surface area contributed by atoms with Crippen LogP contribution in [0.2, 0.25) is 0 Å². The highest BCUT2D eigenvalue weighted by atomic mass is 16.6. The number of rotatable bonds is 7. The van der Waals surface area contributed by atoms with E-state index in [-0.39, 0.29) is 18.3 Å². The molecule has 1 aromatic heterocycles. The Balaban J connectivity index is 2.42. The SMILES string of the molecule is Cc1cc([N+](=O)[O-])nn1CC(=O)NCCCN(C)C. The molecular weight excluding hydrogens is 250 g/mol. The van der Waals surface area contributed by atoms with E-state index in [4.69, 9.17) is 0 Å². The van der Waals surface area contributed by atoms with Crippen LogP contribution in [0.5, 0.6) is 0 Å². The molecule has 1 N–H and O–H groups in total. The van der Waals surface area contributed by atoms with Crippen LogP contribution in [0.25, 0.3) is 0 Å². The zero-order valence-electron chi connectivity index (χ0n) is 11.4. The van der Waals surface area contributed by atoms with Crippen LogP contribution < -0.4 is 5.32 Å². The zero-order chi connectivity index (χ0) is 14.4. The molecule has 0 radical (unpaired) electrons. The summed E-state index contributed by atoms with van der Waals surface area (Å²) in [4.78, 5) is 23.6. The largest absolute Gasteiger partial charge is 0.390 e. The minimum Gasteiger partial charge on any atom is -0.358 e. The maximum absolute atomic E-state index is 11.6. The highest BCUT2D eigenvalue weighted by Crippen LogP contribution is 2.10. The highest BCUT2D eigenvalue weighted by Gasteiger charge is 2.17. The quantitative estimate of drug-likeness (QED) is 0.432. The van der Waals surface area contributed by atoms with Crippen LogP contribution in [-0.4, -0.2) is 52.7 Å². The maximum atomic E-state index is 11.6. The average Bonchev–Trinajstić information content (AvgIpc) is 2.66. The molecule has 1 aromatic rings. The van der Waals surface area contributed by atoms with Crippen LogP contribution >= 0.6 is 0 Å². The van der Waals surface area contributed by atoms with Crippen molar-refractivity contribution in [2.45, 2.75) is 19.9 Å². The van der Waals surface area contributed by atoms with Crippen molar-refractivity contribution in [3.63, 3.8) is 0 Å². The molecular formula is C11H19N5O3. The number of carbonyl (C=O) groups is 1. The molecule has 8 nitrogen and oxygen atoms in total.